The van der Waals surface area contributed by atoms with E-state index in [1.165, 1.54) is 0 Å². The highest BCUT2D eigenvalue weighted by Gasteiger charge is 2.23. The molecule has 0 aliphatic carbocycles. The average molecular weight is 226 g/mol. The highest BCUT2D eigenvalue weighted by atomic mass is 19.2. The highest BCUT2D eigenvalue weighted by molar-refractivity contribution is 5.75. The number of halogens is 2. The zero-order chi connectivity index (χ0) is 11.9. The first kappa shape index (κ1) is 11.0. The van der Waals surface area contributed by atoms with E-state index in [1.54, 1.807) is 13.8 Å². The summed E-state index contributed by atoms with van der Waals surface area (Å²) in [5.41, 5.74) is 0.220. The summed E-state index contributed by atoms with van der Waals surface area (Å²) >= 11 is 0. The number of benzene rings is 1. The van der Waals surface area contributed by atoms with Crippen molar-refractivity contribution in [3.63, 3.8) is 0 Å². The van der Waals surface area contributed by atoms with Gasteiger partial charge in [0, 0.05) is 17.5 Å². The maximum Gasteiger partial charge on any atom is 0.161 e. The molecule has 1 aromatic carbocycles. The molecule has 0 atom stereocenters. The third-order valence-electron chi connectivity index (χ3n) is 2.56. The van der Waals surface area contributed by atoms with Gasteiger partial charge < -0.3 is 10.1 Å². The number of aliphatic hydroxyl groups excluding tert-OH is 1. The van der Waals surface area contributed by atoms with E-state index in [0.717, 1.165) is 12.1 Å². The Morgan fingerprint density at radius 3 is 2.56 bits per heavy atom. The summed E-state index contributed by atoms with van der Waals surface area (Å²) in [6, 6.07) is 2.10. The number of aromatic nitrogens is 2. The Hall–Kier alpha value is -1.49. The van der Waals surface area contributed by atoms with Crippen LogP contribution in [-0.4, -0.2) is 21.7 Å². The maximum atomic E-state index is 13.0. The Morgan fingerprint density at radius 2 is 1.94 bits per heavy atom. The molecule has 0 saturated heterocycles. The van der Waals surface area contributed by atoms with Crippen LogP contribution in [0.15, 0.2) is 12.1 Å². The van der Waals surface area contributed by atoms with E-state index in [9.17, 15) is 13.9 Å². The Morgan fingerprint density at radius 1 is 1.31 bits per heavy atom. The third-order valence-corrected chi connectivity index (χ3v) is 2.56. The van der Waals surface area contributed by atoms with Crippen LogP contribution >= 0.6 is 0 Å². The average Bonchev–Trinajstić information content (AvgIpc) is 2.62. The Bertz CT molecular complexity index is 495. The lowest BCUT2D eigenvalue weighted by atomic mass is 9.94. The van der Waals surface area contributed by atoms with Crippen molar-refractivity contribution in [3.8, 4) is 0 Å². The number of aliphatic hydroxyl groups is 1. The first-order chi connectivity index (χ1) is 7.44. The molecule has 0 amide bonds. The van der Waals surface area contributed by atoms with E-state index >= 15 is 0 Å². The van der Waals surface area contributed by atoms with Crippen molar-refractivity contribution < 1.29 is 13.9 Å². The van der Waals surface area contributed by atoms with Gasteiger partial charge in [0.05, 0.1) is 17.6 Å². The van der Waals surface area contributed by atoms with Crippen molar-refractivity contribution in [1.29, 1.82) is 0 Å². The number of nitrogens with zero attached hydrogens (tertiary/aromatic N) is 1. The topological polar surface area (TPSA) is 48.9 Å². The van der Waals surface area contributed by atoms with Crippen LogP contribution in [0, 0.1) is 11.6 Å². The van der Waals surface area contributed by atoms with Crippen molar-refractivity contribution in [2.24, 2.45) is 0 Å². The van der Waals surface area contributed by atoms with Crippen LogP contribution in [0.5, 0.6) is 0 Å². The van der Waals surface area contributed by atoms with Crippen molar-refractivity contribution in [2.75, 3.05) is 6.61 Å². The van der Waals surface area contributed by atoms with Gasteiger partial charge in [0.1, 0.15) is 5.82 Å². The Labute approximate surface area is 91.1 Å². The summed E-state index contributed by atoms with van der Waals surface area (Å²) in [5, 5.41) is 9.17. The molecule has 0 fully saturated rings. The van der Waals surface area contributed by atoms with Gasteiger partial charge in [-0.1, -0.05) is 13.8 Å². The number of nitrogens with one attached hydrogen (secondary N) is 1. The molecule has 2 rings (SSSR count). The van der Waals surface area contributed by atoms with Crippen LogP contribution in [0.25, 0.3) is 11.0 Å². The van der Waals surface area contributed by atoms with E-state index < -0.39 is 17.0 Å². The molecule has 0 aliphatic rings. The van der Waals surface area contributed by atoms with Gasteiger partial charge in [0.25, 0.3) is 0 Å². The van der Waals surface area contributed by atoms with Gasteiger partial charge >= 0.3 is 0 Å². The van der Waals surface area contributed by atoms with Crippen molar-refractivity contribution in [1.82, 2.24) is 9.97 Å². The molecule has 2 N–H and O–H groups in total. The smallest absolute Gasteiger partial charge is 0.161 e. The molecule has 1 aromatic heterocycles. The Balaban J connectivity index is 2.61. The van der Waals surface area contributed by atoms with Gasteiger partial charge in [-0.2, -0.15) is 0 Å². The van der Waals surface area contributed by atoms with Crippen molar-refractivity contribution in [3.05, 3.63) is 29.6 Å². The van der Waals surface area contributed by atoms with Gasteiger partial charge in [-0.25, -0.2) is 13.8 Å². The molecule has 0 radical (unpaired) electrons. The van der Waals surface area contributed by atoms with Crippen molar-refractivity contribution in [2.45, 2.75) is 19.3 Å². The second-order valence-corrected chi connectivity index (χ2v) is 4.41. The van der Waals surface area contributed by atoms with Crippen LogP contribution < -0.4 is 0 Å². The predicted octanol–water partition coefficient (Wildman–Crippen LogP) is 2.11. The fraction of sp³-hybridized carbons (Fsp3) is 0.364. The molecule has 3 nitrogen and oxygen atoms in total. The fourth-order valence-electron chi connectivity index (χ4n) is 1.40. The van der Waals surface area contributed by atoms with E-state index in [4.69, 9.17) is 0 Å². The molecule has 0 unspecified atom stereocenters. The minimum atomic E-state index is -0.924. The molecular weight excluding hydrogens is 214 g/mol. The zero-order valence-corrected chi connectivity index (χ0v) is 9.01. The lowest BCUT2D eigenvalue weighted by molar-refractivity contribution is 0.213. The minimum absolute atomic E-state index is 0.0994. The number of fused-ring (bicyclic) bond motifs is 1. The lowest BCUT2D eigenvalue weighted by Crippen LogP contribution is -2.23. The molecule has 0 bridgehead atoms. The first-order valence-corrected chi connectivity index (χ1v) is 4.90. The third kappa shape index (κ3) is 1.67. The molecule has 5 heteroatoms. The zero-order valence-electron chi connectivity index (χ0n) is 9.01. The molecule has 2 aromatic rings. The van der Waals surface area contributed by atoms with E-state index in [2.05, 4.69) is 9.97 Å². The number of aromatic amines is 1. The summed E-state index contributed by atoms with van der Waals surface area (Å²) < 4.78 is 25.9. The molecule has 0 saturated carbocycles. The molecule has 0 aliphatic heterocycles. The lowest BCUT2D eigenvalue weighted by Gasteiger charge is -2.17. The molecule has 86 valence electrons. The van der Waals surface area contributed by atoms with Crippen LogP contribution in [0.2, 0.25) is 0 Å². The summed E-state index contributed by atoms with van der Waals surface area (Å²) in [7, 11) is 0. The number of hydrogen-bond acceptors (Lipinski definition) is 2. The molecule has 0 spiro atoms. The number of imidazole rings is 1. The molecule has 16 heavy (non-hydrogen) atoms. The second-order valence-electron chi connectivity index (χ2n) is 4.41. The van der Waals surface area contributed by atoms with Crippen LogP contribution in [-0.2, 0) is 5.41 Å². The second kappa shape index (κ2) is 3.52. The van der Waals surface area contributed by atoms with Crippen molar-refractivity contribution >= 4 is 11.0 Å². The maximum absolute atomic E-state index is 13.0. The molecule has 1 heterocycles. The largest absolute Gasteiger partial charge is 0.395 e. The summed E-state index contributed by atoms with van der Waals surface area (Å²) in [4.78, 5) is 7.01. The summed E-state index contributed by atoms with van der Waals surface area (Å²) in [5.74, 6) is -1.33. The first-order valence-electron chi connectivity index (χ1n) is 4.90. The number of rotatable bonds is 2. The van der Waals surface area contributed by atoms with Crippen LogP contribution in [0.3, 0.4) is 0 Å². The molecular formula is C11H12F2N2O. The van der Waals surface area contributed by atoms with Crippen LogP contribution in [0.1, 0.15) is 19.7 Å². The number of H-pyrrole nitrogens is 1. The van der Waals surface area contributed by atoms with Gasteiger partial charge in [-0.15, -0.1) is 0 Å². The monoisotopic (exact) mass is 226 g/mol. The normalized spacial score (nSPS) is 12.3. The van der Waals surface area contributed by atoms with E-state index in [0.29, 0.717) is 16.9 Å². The van der Waals surface area contributed by atoms with Gasteiger partial charge in [0.15, 0.2) is 11.6 Å². The van der Waals surface area contributed by atoms with Crippen LogP contribution in [0.4, 0.5) is 8.78 Å². The highest BCUT2D eigenvalue weighted by Crippen LogP contribution is 2.23. The standard InChI is InChI=1S/C11H12F2N2O/c1-11(2,5-16)10-14-8-3-6(12)7(13)4-9(8)15-10/h3-4,16H,5H2,1-2H3,(H,14,15). The predicted molar refractivity (Wildman–Crippen MR) is 56.1 cm³/mol. The SMILES string of the molecule is CC(C)(CO)c1nc2cc(F)c(F)cc2[nH]1. The minimum Gasteiger partial charge on any atom is -0.395 e. The summed E-state index contributed by atoms with van der Waals surface area (Å²) in [6.45, 7) is 3.48. The number of hydrogen-bond donors (Lipinski definition) is 2. The van der Waals surface area contributed by atoms with E-state index in [1.807, 2.05) is 0 Å². The summed E-state index contributed by atoms with van der Waals surface area (Å²) in [6.07, 6.45) is 0. The van der Waals surface area contributed by atoms with E-state index in [-0.39, 0.29) is 6.61 Å². The van der Waals surface area contributed by atoms with Gasteiger partial charge in [-0.05, 0) is 0 Å². The Kier molecular flexibility index (Phi) is 2.42. The quantitative estimate of drug-likeness (QED) is 0.823. The van der Waals surface area contributed by atoms with Gasteiger partial charge in [-0.3, -0.25) is 0 Å². The fourth-order valence-corrected chi connectivity index (χ4v) is 1.40. The van der Waals surface area contributed by atoms with Gasteiger partial charge in [0.2, 0.25) is 0 Å².